The summed E-state index contributed by atoms with van der Waals surface area (Å²) in [7, 11) is -4.39. The van der Waals surface area contributed by atoms with E-state index in [2.05, 4.69) is 13.2 Å². The van der Waals surface area contributed by atoms with Crippen molar-refractivity contribution in [2.45, 2.75) is 32.9 Å². The van der Waals surface area contributed by atoms with Crippen molar-refractivity contribution in [3.05, 3.63) is 24.3 Å². The molecule has 0 amide bonds. The molecule has 1 atom stereocenters. The molecule has 0 saturated heterocycles. The van der Waals surface area contributed by atoms with Gasteiger partial charge in [-0.1, -0.05) is 13.2 Å². The van der Waals surface area contributed by atoms with E-state index in [-0.39, 0.29) is 51.7 Å². The zero-order valence-electron chi connectivity index (χ0n) is 17.9. The minimum atomic E-state index is -4.39. The van der Waals surface area contributed by atoms with Crippen LogP contribution in [0.5, 0.6) is 0 Å². The van der Waals surface area contributed by atoms with Crippen LogP contribution in [0, 0.1) is 5.41 Å². The molecule has 0 aliphatic rings. The molecular weight excluding hydrogens is 408 g/mol. The Morgan fingerprint density at radius 3 is 1.70 bits per heavy atom. The van der Waals surface area contributed by atoms with Crippen LogP contribution in [0.2, 0.25) is 0 Å². The van der Waals surface area contributed by atoms with Crippen molar-refractivity contribution in [3.8, 4) is 0 Å². The Morgan fingerprint density at radius 1 is 1.04 bits per heavy atom. The van der Waals surface area contributed by atoms with Gasteiger partial charge >= 0.3 is 55.6 Å². The van der Waals surface area contributed by atoms with Gasteiger partial charge < -0.3 is 17.1 Å². The van der Waals surface area contributed by atoms with E-state index in [1.165, 1.54) is 20.8 Å². The van der Waals surface area contributed by atoms with Gasteiger partial charge in [0, 0.05) is 11.1 Å². The molecule has 0 aromatic rings. The SMILES string of the molecule is C=C(C)C(=O)OCC(C)(COC(=O)C(=C)C)C(=O)OCC(C)S(=O)(=O)O.[Ca+2].[H-].[H-]. The fourth-order valence-electron chi connectivity index (χ4n) is 1.31. The monoisotopic (exact) mass is 434 g/mol. The summed E-state index contributed by atoms with van der Waals surface area (Å²) >= 11 is 0. The summed E-state index contributed by atoms with van der Waals surface area (Å²) in [4.78, 5) is 35.4. The molecule has 0 aliphatic carbocycles. The van der Waals surface area contributed by atoms with Crippen LogP contribution >= 0.6 is 0 Å². The molecule has 0 spiro atoms. The fraction of sp³-hybridized carbons (Fsp3) is 0.562. The Labute approximate surface area is 191 Å². The average Bonchev–Trinajstić information content (AvgIpc) is 2.53. The van der Waals surface area contributed by atoms with Crippen LogP contribution in [0.15, 0.2) is 24.3 Å². The maximum absolute atomic E-state index is 12.3. The third kappa shape index (κ3) is 10.2. The first-order valence-corrected chi connectivity index (χ1v) is 9.00. The maximum atomic E-state index is 12.3. The fourth-order valence-corrected chi connectivity index (χ4v) is 1.55. The average molecular weight is 435 g/mol. The second kappa shape index (κ2) is 11.8. The topological polar surface area (TPSA) is 133 Å². The number of hydrogen-bond donors (Lipinski definition) is 1. The van der Waals surface area contributed by atoms with Gasteiger partial charge in [0.2, 0.25) is 0 Å². The zero-order valence-corrected chi connectivity index (χ0v) is 19.0. The summed E-state index contributed by atoms with van der Waals surface area (Å²) in [5, 5.41) is -1.35. The Morgan fingerprint density at radius 2 is 1.41 bits per heavy atom. The van der Waals surface area contributed by atoms with Crippen LogP contribution in [0.4, 0.5) is 0 Å². The van der Waals surface area contributed by atoms with E-state index >= 15 is 0 Å². The first-order chi connectivity index (χ1) is 11.7. The molecule has 27 heavy (non-hydrogen) atoms. The molecule has 9 nitrogen and oxygen atoms in total. The second-order valence-corrected chi connectivity index (χ2v) is 8.03. The van der Waals surface area contributed by atoms with Gasteiger partial charge in [-0.15, -0.1) is 0 Å². The van der Waals surface area contributed by atoms with Crippen LogP contribution in [0.25, 0.3) is 0 Å². The van der Waals surface area contributed by atoms with Gasteiger partial charge in [-0.25, -0.2) is 9.59 Å². The molecular formula is C16H26CaO9S. The molecule has 0 heterocycles. The molecule has 152 valence electrons. The van der Waals surface area contributed by atoms with Crippen molar-refractivity contribution in [2.24, 2.45) is 5.41 Å². The summed E-state index contributed by atoms with van der Waals surface area (Å²) in [6, 6.07) is 0. The smallest absolute Gasteiger partial charge is 1.00 e. The number of hydrogen-bond acceptors (Lipinski definition) is 8. The van der Waals surface area contributed by atoms with Crippen LogP contribution in [-0.2, 0) is 38.7 Å². The second-order valence-electron chi connectivity index (χ2n) is 6.20. The van der Waals surface area contributed by atoms with Gasteiger partial charge in [0.1, 0.15) is 30.5 Å². The Hall–Kier alpha value is -0.940. The van der Waals surface area contributed by atoms with E-state index < -0.39 is 58.5 Å². The van der Waals surface area contributed by atoms with Crippen LogP contribution in [0.3, 0.4) is 0 Å². The third-order valence-electron chi connectivity index (χ3n) is 3.19. The number of esters is 3. The van der Waals surface area contributed by atoms with Crippen molar-refractivity contribution in [1.82, 2.24) is 0 Å². The van der Waals surface area contributed by atoms with Crippen LogP contribution < -0.4 is 0 Å². The quantitative estimate of drug-likeness (QED) is 0.175. The van der Waals surface area contributed by atoms with Gasteiger partial charge in [-0.3, -0.25) is 9.35 Å². The predicted molar refractivity (Wildman–Crippen MR) is 99.6 cm³/mol. The minimum absolute atomic E-state index is 0. The summed E-state index contributed by atoms with van der Waals surface area (Å²) in [5.41, 5.74) is -1.41. The number of rotatable bonds is 10. The Bertz CT molecular complexity index is 677. The molecule has 0 aromatic carbocycles. The summed E-state index contributed by atoms with van der Waals surface area (Å²) in [6.07, 6.45) is 0. The van der Waals surface area contributed by atoms with Gasteiger partial charge in [0.05, 0.1) is 0 Å². The van der Waals surface area contributed by atoms with Gasteiger partial charge in [0.15, 0.2) is 0 Å². The first kappa shape index (κ1) is 28.3. The number of carbonyl (C=O) groups excluding carboxylic acids is 3. The molecule has 0 rings (SSSR count). The molecule has 1 N–H and O–H groups in total. The first-order valence-electron chi connectivity index (χ1n) is 7.49. The van der Waals surface area contributed by atoms with E-state index in [1.807, 2.05) is 0 Å². The summed E-state index contributed by atoms with van der Waals surface area (Å²) < 4.78 is 45.6. The summed E-state index contributed by atoms with van der Waals surface area (Å²) in [6.45, 7) is 10.4. The molecule has 0 bridgehead atoms. The molecule has 0 aliphatic heterocycles. The van der Waals surface area contributed by atoms with Gasteiger partial charge in [-0.2, -0.15) is 8.42 Å². The van der Waals surface area contributed by atoms with E-state index in [9.17, 15) is 22.8 Å². The maximum Gasteiger partial charge on any atom is 2.00 e. The van der Waals surface area contributed by atoms with Crippen molar-refractivity contribution in [3.63, 3.8) is 0 Å². The van der Waals surface area contributed by atoms with Gasteiger partial charge in [-0.05, 0) is 27.7 Å². The third-order valence-corrected chi connectivity index (χ3v) is 4.34. The molecule has 1 unspecified atom stereocenters. The van der Waals surface area contributed by atoms with E-state index in [0.29, 0.717) is 0 Å². The normalized spacial score (nSPS) is 12.2. The molecule has 11 heteroatoms. The minimum Gasteiger partial charge on any atom is -1.00 e. The number of ether oxygens (including phenoxy) is 3. The number of carbonyl (C=O) groups is 3. The van der Waals surface area contributed by atoms with Crippen molar-refractivity contribution < 1.29 is 44.4 Å². The molecule has 0 fully saturated rings. The van der Waals surface area contributed by atoms with Crippen molar-refractivity contribution in [2.75, 3.05) is 19.8 Å². The van der Waals surface area contributed by atoms with Gasteiger partial charge in [0.25, 0.3) is 10.1 Å². The standard InChI is InChI=1S/C16H24O9S.Ca.2H/c1-10(2)13(17)24-8-16(6,9-25-14(18)11(3)4)15(19)23-7-12(5)26(20,21)22;;;/h12H,1,3,7-9H2,2,4-6H3,(H,20,21,22);;;/q;+2;2*-1. The zero-order chi connectivity index (χ0) is 20.7. The van der Waals surface area contributed by atoms with Crippen molar-refractivity contribution in [1.29, 1.82) is 0 Å². The van der Waals surface area contributed by atoms with Crippen LogP contribution in [-0.4, -0.2) is 93.7 Å². The summed E-state index contributed by atoms with van der Waals surface area (Å²) in [5.74, 6) is -2.50. The largest absolute Gasteiger partial charge is 2.00 e. The Kier molecular flexibility index (Phi) is 12.4. The molecule has 0 radical (unpaired) electrons. The van der Waals surface area contributed by atoms with E-state index in [4.69, 9.17) is 18.8 Å². The molecule has 0 aromatic heterocycles. The Balaban J connectivity index is -0.00000104. The van der Waals surface area contributed by atoms with Crippen molar-refractivity contribution >= 4 is 65.8 Å². The van der Waals surface area contributed by atoms with E-state index in [0.717, 1.165) is 6.92 Å². The molecule has 0 saturated carbocycles. The predicted octanol–water partition coefficient (Wildman–Crippen LogP) is 0.895. The van der Waals surface area contributed by atoms with E-state index in [1.54, 1.807) is 0 Å². The van der Waals surface area contributed by atoms with Crippen LogP contribution in [0.1, 0.15) is 30.5 Å².